The van der Waals surface area contributed by atoms with Crippen LogP contribution in [0.3, 0.4) is 0 Å². The van der Waals surface area contributed by atoms with Gasteiger partial charge < -0.3 is 10.1 Å². The van der Waals surface area contributed by atoms with Gasteiger partial charge in [0.25, 0.3) is 5.91 Å². The number of esters is 1. The average Bonchev–Trinajstić information content (AvgIpc) is 2.54. The molecule has 0 aliphatic heterocycles. The Morgan fingerprint density at radius 2 is 1.52 bits per heavy atom. The average molecular weight is 329 g/mol. The number of nitrogens with one attached hydrogen (secondary N) is 1. The molecule has 0 aromatic heterocycles. The highest BCUT2D eigenvalue weighted by Crippen LogP contribution is 2.18. The van der Waals surface area contributed by atoms with Crippen molar-refractivity contribution < 1.29 is 14.3 Å². The number of aryl methyl sites for hydroxylation is 2. The number of thioether (sulfide) groups is 1. The van der Waals surface area contributed by atoms with E-state index in [-0.39, 0.29) is 18.3 Å². The Hall–Kier alpha value is -2.27. The van der Waals surface area contributed by atoms with Gasteiger partial charge in [-0.2, -0.15) is 0 Å². The van der Waals surface area contributed by atoms with E-state index in [2.05, 4.69) is 5.32 Å². The molecule has 2 aromatic rings. The minimum absolute atomic E-state index is 0.181. The molecule has 2 aromatic carbocycles. The molecule has 5 heteroatoms. The maximum atomic E-state index is 11.7. The van der Waals surface area contributed by atoms with E-state index in [0.717, 1.165) is 10.5 Å². The van der Waals surface area contributed by atoms with Crippen molar-refractivity contribution in [3.05, 3.63) is 59.7 Å². The van der Waals surface area contributed by atoms with Crippen molar-refractivity contribution in [2.45, 2.75) is 18.7 Å². The van der Waals surface area contributed by atoms with Gasteiger partial charge in [-0.1, -0.05) is 35.4 Å². The van der Waals surface area contributed by atoms with E-state index in [1.807, 2.05) is 62.4 Å². The smallest absolute Gasteiger partial charge is 0.316 e. The van der Waals surface area contributed by atoms with E-state index in [1.165, 1.54) is 17.3 Å². The van der Waals surface area contributed by atoms with E-state index in [1.54, 1.807) is 0 Å². The number of anilines is 1. The summed E-state index contributed by atoms with van der Waals surface area (Å²) in [6, 6.07) is 15.3. The summed E-state index contributed by atoms with van der Waals surface area (Å²) in [4.78, 5) is 24.4. The van der Waals surface area contributed by atoms with Crippen LogP contribution in [0.25, 0.3) is 0 Å². The third-order valence-corrected chi connectivity index (χ3v) is 4.06. The molecule has 0 radical (unpaired) electrons. The van der Waals surface area contributed by atoms with Gasteiger partial charge in [0.05, 0.1) is 5.75 Å². The lowest BCUT2D eigenvalue weighted by molar-refractivity contribution is -0.144. The molecule has 0 saturated carbocycles. The summed E-state index contributed by atoms with van der Waals surface area (Å²) in [5.74, 6) is -0.571. The maximum absolute atomic E-state index is 11.7. The van der Waals surface area contributed by atoms with Crippen LogP contribution in [0.15, 0.2) is 53.4 Å². The molecule has 4 nitrogen and oxygen atoms in total. The number of amides is 1. The molecule has 23 heavy (non-hydrogen) atoms. The summed E-state index contributed by atoms with van der Waals surface area (Å²) in [5.41, 5.74) is 2.97. The first-order valence-corrected chi connectivity index (χ1v) is 8.23. The molecule has 0 saturated heterocycles. The Morgan fingerprint density at radius 3 is 2.13 bits per heavy atom. The van der Waals surface area contributed by atoms with Gasteiger partial charge in [0, 0.05) is 10.6 Å². The second-order valence-corrected chi connectivity index (χ2v) is 6.23. The van der Waals surface area contributed by atoms with Gasteiger partial charge in [0.1, 0.15) is 0 Å². The Morgan fingerprint density at radius 1 is 0.957 bits per heavy atom. The van der Waals surface area contributed by atoms with Crippen LogP contribution in [0.1, 0.15) is 11.1 Å². The van der Waals surface area contributed by atoms with Gasteiger partial charge in [-0.3, -0.25) is 9.59 Å². The molecule has 1 amide bonds. The third-order valence-electron chi connectivity index (χ3n) is 3.08. The first kappa shape index (κ1) is 17.1. The van der Waals surface area contributed by atoms with E-state index >= 15 is 0 Å². The van der Waals surface area contributed by atoms with Crippen molar-refractivity contribution in [1.82, 2.24) is 0 Å². The summed E-state index contributed by atoms with van der Waals surface area (Å²) in [6.07, 6.45) is 0. The van der Waals surface area contributed by atoms with Crippen LogP contribution >= 0.6 is 11.8 Å². The van der Waals surface area contributed by atoms with Crippen molar-refractivity contribution in [1.29, 1.82) is 0 Å². The fourth-order valence-corrected chi connectivity index (χ4v) is 2.49. The summed E-state index contributed by atoms with van der Waals surface area (Å²) >= 11 is 1.39. The molecule has 0 unspecified atom stereocenters. The number of carbonyl (C=O) groups excluding carboxylic acids is 2. The molecule has 0 aliphatic rings. The zero-order chi connectivity index (χ0) is 16.7. The lowest BCUT2D eigenvalue weighted by Gasteiger charge is -2.07. The molecular weight excluding hydrogens is 310 g/mol. The summed E-state index contributed by atoms with van der Waals surface area (Å²) in [6.45, 7) is 3.70. The monoisotopic (exact) mass is 329 g/mol. The Kier molecular flexibility index (Phi) is 6.23. The number of ether oxygens (including phenoxy) is 1. The van der Waals surface area contributed by atoms with Crippen molar-refractivity contribution in [3.8, 4) is 0 Å². The zero-order valence-electron chi connectivity index (χ0n) is 13.2. The predicted octanol–water partition coefficient (Wildman–Crippen LogP) is 3.58. The Balaban J connectivity index is 1.70. The first-order valence-electron chi connectivity index (χ1n) is 7.24. The minimum Gasteiger partial charge on any atom is -0.455 e. The fourth-order valence-electron chi connectivity index (χ4n) is 1.80. The van der Waals surface area contributed by atoms with Gasteiger partial charge in [0.2, 0.25) is 0 Å². The SMILES string of the molecule is Cc1ccc(NC(=O)COC(=O)CSc2ccc(C)cc2)cc1. The van der Waals surface area contributed by atoms with Gasteiger partial charge in [-0.05, 0) is 38.1 Å². The quantitative estimate of drug-likeness (QED) is 0.650. The van der Waals surface area contributed by atoms with Crippen LogP contribution in [-0.4, -0.2) is 24.2 Å². The number of rotatable bonds is 6. The van der Waals surface area contributed by atoms with Crippen LogP contribution in [-0.2, 0) is 14.3 Å². The normalized spacial score (nSPS) is 10.2. The predicted molar refractivity (Wildman–Crippen MR) is 92.7 cm³/mol. The van der Waals surface area contributed by atoms with Crippen LogP contribution in [0.4, 0.5) is 5.69 Å². The van der Waals surface area contributed by atoms with Crippen molar-refractivity contribution in [2.75, 3.05) is 17.7 Å². The second-order valence-electron chi connectivity index (χ2n) is 5.18. The molecule has 0 atom stereocenters. The van der Waals surface area contributed by atoms with Crippen LogP contribution in [0.5, 0.6) is 0 Å². The summed E-state index contributed by atoms with van der Waals surface area (Å²) in [7, 11) is 0. The van der Waals surface area contributed by atoms with Crippen LogP contribution in [0, 0.1) is 13.8 Å². The summed E-state index contributed by atoms with van der Waals surface area (Å²) < 4.78 is 4.97. The van der Waals surface area contributed by atoms with Crippen molar-refractivity contribution in [2.24, 2.45) is 0 Å². The second kappa shape index (κ2) is 8.39. The van der Waals surface area contributed by atoms with E-state index in [0.29, 0.717) is 5.69 Å². The van der Waals surface area contributed by atoms with Crippen LogP contribution < -0.4 is 5.32 Å². The Bertz CT molecular complexity index is 666. The molecule has 0 aliphatic carbocycles. The highest BCUT2D eigenvalue weighted by molar-refractivity contribution is 8.00. The molecule has 1 N–H and O–H groups in total. The number of carbonyl (C=O) groups is 2. The molecule has 2 rings (SSSR count). The molecule has 0 spiro atoms. The lowest BCUT2D eigenvalue weighted by atomic mass is 10.2. The topological polar surface area (TPSA) is 55.4 Å². The van der Waals surface area contributed by atoms with Gasteiger partial charge in [-0.25, -0.2) is 0 Å². The van der Waals surface area contributed by atoms with E-state index in [4.69, 9.17) is 4.74 Å². The largest absolute Gasteiger partial charge is 0.455 e. The van der Waals surface area contributed by atoms with E-state index < -0.39 is 5.97 Å². The van der Waals surface area contributed by atoms with Gasteiger partial charge in [-0.15, -0.1) is 11.8 Å². The first-order chi connectivity index (χ1) is 11.0. The minimum atomic E-state index is -0.408. The van der Waals surface area contributed by atoms with E-state index in [9.17, 15) is 9.59 Å². The highest BCUT2D eigenvalue weighted by atomic mass is 32.2. The fraction of sp³-hybridized carbons (Fsp3) is 0.222. The van der Waals surface area contributed by atoms with Crippen LogP contribution in [0.2, 0.25) is 0 Å². The number of hydrogen-bond donors (Lipinski definition) is 1. The number of hydrogen-bond acceptors (Lipinski definition) is 4. The molecule has 0 bridgehead atoms. The number of benzene rings is 2. The molecule has 0 heterocycles. The van der Waals surface area contributed by atoms with Gasteiger partial charge in [0.15, 0.2) is 6.61 Å². The van der Waals surface area contributed by atoms with Gasteiger partial charge >= 0.3 is 5.97 Å². The highest BCUT2D eigenvalue weighted by Gasteiger charge is 2.08. The standard InChI is InChI=1S/C18H19NO3S/c1-13-3-7-15(8-4-13)19-17(20)11-22-18(21)12-23-16-9-5-14(2)6-10-16/h3-10H,11-12H2,1-2H3,(H,19,20). The van der Waals surface area contributed by atoms with Crippen molar-refractivity contribution >= 4 is 29.3 Å². The molecule has 120 valence electrons. The summed E-state index contributed by atoms with van der Waals surface area (Å²) in [5, 5.41) is 2.68. The Labute approximate surface area is 140 Å². The molecule has 0 fully saturated rings. The van der Waals surface area contributed by atoms with Crippen molar-refractivity contribution in [3.63, 3.8) is 0 Å². The third kappa shape index (κ3) is 6.16. The maximum Gasteiger partial charge on any atom is 0.316 e. The zero-order valence-corrected chi connectivity index (χ0v) is 14.0. The lowest BCUT2D eigenvalue weighted by Crippen LogP contribution is -2.21. The molecular formula is C18H19NO3S.